The van der Waals surface area contributed by atoms with Crippen molar-refractivity contribution in [2.75, 3.05) is 0 Å². The second kappa shape index (κ2) is 3.66. The molecule has 1 heterocycles. The molecule has 0 fully saturated rings. The third-order valence-corrected chi connectivity index (χ3v) is 1.43. The average molecular weight is 180 g/mol. The summed E-state index contributed by atoms with van der Waals surface area (Å²) in [6.45, 7) is 0. The Morgan fingerprint density at radius 1 is 1.46 bits per heavy atom. The summed E-state index contributed by atoms with van der Waals surface area (Å²) in [4.78, 5) is 24.6. The van der Waals surface area contributed by atoms with Crippen LogP contribution in [0.15, 0.2) is 18.3 Å². The number of rotatable bonds is 3. The van der Waals surface area contributed by atoms with Gasteiger partial charge in [-0.3, -0.25) is 9.78 Å². The van der Waals surface area contributed by atoms with Crippen LogP contribution in [0.5, 0.6) is 0 Å². The molecule has 0 saturated carbocycles. The summed E-state index contributed by atoms with van der Waals surface area (Å²) in [6.07, 6.45) is 1.22. The smallest absolute Gasteiger partial charge is 0.337 e. The molecule has 5 heteroatoms. The fourth-order valence-electron chi connectivity index (χ4n) is 0.834. The molecule has 0 radical (unpaired) electrons. The molecule has 0 atom stereocenters. The van der Waals surface area contributed by atoms with Crippen molar-refractivity contribution in [3.8, 4) is 0 Å². The Kier molecular flexibility index (Phi) is 2.59. The van der Waals surface area contributed by atoms with E-state index in [1.165, 1.54) is 18.3 Å². The van der Waals surface area contributed by atoms with Gasteiger partial charge in [-0.05, 0) is 12.1 Å². The Bertz CT molecular complexity index is 332. The standard InChI is InChI=1S/C8H8N2O3/c9-7(11)3-6-2-1-5(4-10-6)8(12)13/h1-2,4H,3H2,(H2,9,11)(H,12,13). The highest BCUT2D eigenvalue weighted by Crippen LogP contribution is 2.00. The summed E-state index contributed by atoms with van der Waals surface area (Å²) in [5.74, 6) is -1.53. The largest absolute Gasteiger partial charge is 0.478 e. The van der Waals surface area contributed by atoms with Crippen LogP contribution in [-0.2, 0) is 11.2 Å². The molecule has 3 N–H and O–H groups in total. The molecule has 1 aromatic rings. The van der Waals surface area contributed by atoms with Gasteiger partial charge in [-0.1, -0.05) is 0 Å². The van der Waals surface area contributed by atoms with E-state index in [9.17, 15) is 9.59 Å². The number of hydrogen-bond donors (Lipinski definition) is 2. The van der Waals surface area contributed by atoms with Gasteiger partial charge in [0, 0.05) is 11.9 Å². The van der Waals surface area contributed by atoms with Crippen molar-refractivity contribution in [3.05, 3.63) is 29.6 Å². The number of nitrogens with two attached hydrogens (primary N) is 1. The van der Waals surface area contributed by atoms with Gasteiger partial charge in [-0.15, -0.1) is 0 Å². The molecule has 68 valence electrons. The van der Waals surface area contributed by atoms with Crippen molar-refractivity contribution in [1.82, 2.24) is 4.98 Å². The highest BCUT2D eigenvalue weighted by molar-refractivity contribution is 5.87. The van der Waals surface area contributed by atoms with Gasteiger partial charge in [-0.2, -0.15) is 0 Å². The Labute approximate surface area is 74.2 Å². The lowest BCUT2D eigenvalue weighted by molar-refractivity contribution is -0.117. The summed E-state index contributed by atoms with van der Waals surface area (Å²) in [7, 11) is 0. The van der Waals surface area contributed by atoms with E-state index in [0.29, 0.717) is 5.69 Å². The summed E-state index contributed by atoms with van der Waals surface area (Å²) < 4.78 is 0. The molecule has 0 unspecified atom stereocenters. The van der Waals surface area contributed by atoms with Crippen LogP contribution in [0.25, 0.3) is 0 Å². The summed E-state index contributed by atoms with van der Waals surface area (Å²) >= 11 is 0. The maximum atomic E-state index is 10.5. The zero-order valence-electron chi connectivity index (χ0n) is 6.73. The Hall–Kier alpha value is -1.91. The Morgan fingerprint density at radius 2 is 2.15 bits per heavy atom. The van der Waals surface area contributed by atoms with E-state index in [1.807, 2.05) is 0 Å². The van der Waals surface area contributed by atoms with E-state index in [1.54, 1.807) is 0 Å². The Balaban J connectivity index is 2.81. The predicted molar refractivity (Wildman–Crippen MR) is 44.1 cm³/mol. The van der Waals surface area contributed by atoms with Gasteiger partial charge in [0.25, 0.3) is 0 Å². The minimum absolute atomic E-state index is 0.0277. The van der Waals surface area contributed by atoms with Crippen LogP contribution in [0.2, 0.25) is 0 Å². The van der Waals surface area contributed by atoms with Crippen molar-refractivity contribution in [2.45, 2.75) is 6.42 Å². The molecular formula is C8H8N2O3. The van der Waals surface area contributed by atoms with Crippen LogP contribution < -0.4 is 5.73 Å². The summed E-state index contributed by atoms with van der Waals surface area (Å²) in [6, 6.07) is 2.85. The number of hydrogen-bond acceptors (Lipinski definition) is 3. The number of carboxylic acid groups (broad SMARTS) is 1. The maximum Gasteiger partial charge on any atom is 0.337 e. The zero-order chi connectivity index (χ0) is 9.84. The third kappa shape index (κ3) is 2.55. The number of pyridine rings is 1. The second-order valence-corrected chi connectivity index (χ2v) is 2.49. The Morgan fingerprint density at radius 3 is 2.54 bits per heavy atom. The molecule has 1 rings (SSSR count). The minimum atomic E-state index is -1.04. The number of carbonyl (C=O) groups is 2. The number of carbonyl (C=O) groups excluding carboxylic acids is 1. The highest BCUT2D eigenvalue weighted by Gasteiger charge is 2.04. The fourth-order valence-corrected chi connectivity index (χ4v) is 0.834. The first-order valence-electron chi connectivity index (χ1n) is 3.56. The van der Waals surface area contributed by atoms with Gasteiger partial charge in [0.15, 0.2) is 0 Å². The monoisotopic (exact) mass is 180 g/mol. The van der Waals surface area contributed by atoms with Crippen molar-refractivity contribution in [1.29, 1.82) is 0 Å². The topological polar surface area (TPSA) is 93.3 Å². The van der Waals surface area contributed by atoms with Crippen molar-refractivity contribution in [2.24, 2.45) is 5.73 Å². The number of aromatic nitrogens is 1. The predicted octanol–water partition coefficient (Wildman–Crippen LogP) is -0.192. The molecule has 0 bridgehead atoms. The first-order valence-corrected chi connectivity index (χ1v) is 3.56. The lowest BCUT2D eigenvalue weighted by Crippen LogP contribution is -2.14. The number of primary amides is 1. The van der Waals surface area contributed by atoms with Crippen LogP contribution >= 0.6 is 0 Å². The molecule has 0 aliphatic rings. The van der Waals surface area contributed by atoms with Crippen LogP contribution in [-0.4, -0.2) is 22.0 Å². The van der Waals surface area contributed by atoms with Crippen molar-refractivity contribution >= 4 is 11.9 Å². The highest BCUT2D eigenvalue weighted by atomic mass is 16.4. The van der Waals surface area contributed by atoms with Gasteiger partial charge >= 0.3 is 5.97 Å². The van der Waals surface area contributed by atoms with Gasteiger partial charge < -0.3 is 10.8 Å². The van der Waals surface area contributed by atoms with Gasteiger partial charge in [0.1, 0.15) is 0 Å². The van der Waals surface area contributed by atoms with E-state index in [-0.39, 0.29) is 12.0 Å². The average Bonchev–Trinajstić information content (AvgIpc) is 2.04. The number of aromatic carboxylic acids is 1. The lowest BCUT2D eigenvalue weighted by Gasteiger charge is -1.96. The molecule has 0 aliphatic heterocycles. The molecular weight excluding hydrogens is 172 g/mol. The molecule has 0 aliphatic carbocycles. The molecule has 13 heavy (non-hydrogen) atoms. The molecule has 5 nitrogen and oxygen atoms in total. The quantitative estimate of drug-likeness (QED) is 0.674. The van der Waals surface area contributed by atoms with Crippen molar-refractivity contribution in [3.63, 3.8) is 0 Å². The number of amides is 1. The van der Waals surface area contributed by atoms with E-state index < -0.39 is 11.9 Å². The van der Waals surface area contributed by atoms with E-state index >= 15 is 0 Å². The second-order valence-electron chi connectivity index (χ2n) is 2.49. The van der Waals surface area contributed by atoms with Crippen LogP contribution in [0, 0.1) is 0 Å². The minimum Gasteiger partial charge on any atom is -0.478 e. The normalized spacial score (nSPS) is 9.54. The SMILES string of the molecule is NC(=O)Cc1ccc(C(=O)O)cn1. The number of carboxylic acids is 1. The van der Waals surface area contributed by atoms with Crippen molar-refractivity contribution < 1.29 is 14.7 Å². The summed E-state index contributed by atoms with van der Waals surface area (Å²) in [5, 5.41) is 8.53. The molecule has 0 saturated heterocycles. The van der Waals surface area contributed by atoms with E-state index in [4.69, 9.17) is 10.8 Å². The third-order valence-electron chi connectivity index (χ3n) is 1.43. The molecule has 0 spiro atoms. The van der Waals surface area contributed by atoms with Gasteiger partial charge in [0.2, 0.25) is 5.91 Å². The molecule has 1 amide bonds. The molecule has 0 aromatic carbocycles. The zero-order valence-corrected chi connectivity index (χ0v) is 6.73. The maximum absolute atomic E-state index is 10.5. The van der Waals surface area contributed by atoms with Crippen LogP contribution in [0.1, 0.15) is 16.1 Å². The number of nitrogens with zero attached hydrogens (tertiary/aromatic N) is 1. The van der Waals surface area contributed by atoms with E-state index in [2.05, 4.69) is 4.98 Å². The van der Waals surface area contributed by atoms with Gasteiger partial charge in [0.05, 0.1) is 12.0 Å². The van der Waals surface area contributed by atoms with E-state index in [0.717, 1.165) is 0 Å². The lowest BCUT2D eigenvalue weighted by atomic mass is 10.2. The molecule has 1 aromatic heterocycles. The van der Waals surface area contributed by atoms with Crippen LogP contribution in [0.3, 0.4) is 0 Å². The summed E-state index contributed by atoms with van der Waals surface area (Å²) in [5.41, 5.74) is 5.49. The first kappa shape index (κ1) is 9.18. The fraction of sp³-hybridized carbons (Fsp3) is 0.125. The van der Waals surface area contributed by atoms with Gasteiger partial charge in [-0.25, -0.2) is 4.79 Å². The van der Waals surface area contributed by atoms with Crippen LogP contribution in [0.4, 0.5) is 0 Å². The first-order chi connectivity index (χ1) is 6.09.